The van der Waals surface area contributed by atoms with E-state index in [2.05, 4.69) is 9.97 Å². The summed E-state index contributed by atoms with van der Waals surface area (Å²) in [5.74, 6) is 0.383. The molecule has 1 amide bonds. The number of amides is 1. The molecule has 7 heteroatoms. The standard InChI is InChI=1S/C27H23F2N3O2/c28-21-7-3-5-18(13-21)14-23-17-31-26(34-23)25-9-4-12-32(25)27(33)20-10-11-30-22(16-20)15-19-6-1-2-8-24(19)29/h1-3,5-8,10-11,13,16-17,25H,4,9,12,14-15H2/t25-/m1/s1. The number of oxazole rings is 1. The summed E-state index contributed by atoms with van der Waals surface area (Å²) >= 11 is 0. The highest BCUT2D eigenvalue weighted by Gasteiger charge is 2.34. The lowest BCUT2D eigenvalue weighted by Gasteiger charge is -2.22. The van der Waals surface area contributed by atoms with Crippen LogP contribution in [0.2, 0.25) is 0 Å². The maximum Gasteiger partial charge on any atom is 0.254 e. The highest BCUT2D eigenvalue weighted by atomic mass is 19.1. The molecule has 0 unspecified atom stereocenters. The van der Waals surface area contributed by atoms with Gasteiger partial charge in [0.15, 0.2) is 0 Å². The lowest BCUT2D eigenvalue weighted by molar-refractivity contribution is 0.0714. The number of rotatable bonds is 6. The molecule has 5 rings (SSSR count). The van der Waals surface area contributed by atoms with Crippen molar-refractivity contribution in [2.24, 2.45) is 0 Å². The van der Waals surface area contributed by atoms with E-state index < -0.39 is 0 Å². The van der Waals surface area contributed by atoms with Gasteiger partial charge in [0.05, 0.1) is 6.20 Å². The lowest BCUT2D eigenvalue weighted by Crippen LogP contribution is -2.30. The van der Waals surface area contributed by atoms with E-state index in [0.717, 1.165) is 18.4 Å². The van der Waals surface area contributed by atoms with Crippen LogP contribution >= 0.6 is 0 Å². The second-order valence-corrected chi connectivity index (χ2v) is 8.43. The van der Waals surface area contributed by atoms with Crippen LogP contribution in [-0.2, 0) is 12.8 Å². The minimum absolute atomic E-state index is 0.135. The second-order valence-electron chi connectivity index (χ2n) is 8.43. The Hall–Kier alpha value is -3.87. The molecule has 0 saturated carbocycles. The van der Waals surface area contributed by atoms with E-state index in [0.29, 0.717) is 47.9 Å². The van der Waals surface area contributed by atoms with E-state index in [9.17, 15) is 13.6 Å². The van der Waals surface area contributed by atoms with E-state index >= 15 is 0 Å². The monoisotopic (exact) mass is 459 g/mol. The molecule has 1 atom stereocenters. The summed E-state index contributed by atoms with van der Waals surface area (Å²) in [5, 5.41) is 0. The van der Waals surface area contributed by atoms with Crippen molar-refractivity contribution in [2.45, 2.75) is 31.7 Å². The van der Waals surface area contributed by atoms with Crippen molar-refractivity contribution in [1.29, 1.82) is 0 Å². The summed E-state index contributed by atoms with van der Waals surface area (Å²) in [7, 11) is 0. The minimum atomic E-state index is -0.295. The lowest BCUT2D eigenvalue weighted by atomic mass is 10.1. The van der Waals surface area contributed by atoms with Gasteiger partial charge in [-0.1, -0.05) is 30.3 Å². The van der Waals surface area contributed by atoms with Crippen molar-refractivity contribution in [1.82, 2.24) is 14.9 Å². The zero-order valence-electron chi connectivity index (χ0n) is 18.5. The number of halogens is 2. The van der Waals surface area contributed by atoms with Crippen LogP contribution in [0, 0.1) is 11.6 Å². The number of pyridine rings is 1. The molecule has 2 aromatic carbocycles. The van der Waals surface area contributed by atoms with Crippen molar-refractivity contribution in [3.8, 4) is 0 Å². The van der Waals surface area contributed by atoms with Gasteiger partial charge in [0.25, 0.3) is 5.91 Å². The van der Waals surface area contributed by atoms with E-state index in [1.54, 1.807) is 53.7 Å². The molecule has 0 radical (unpaired) electrons. The maximum absolute atomic E-state index is 14.0. The second kappa shape index (κ2) is 9.55. The molecule has 0 spiro atoms. The average molecular weight is 459 g/mol. The number of aromatic nitrogens is 2. The first kappa shape index (κ1) is 21.9. The smallest absolute Gasteiger partial charge is 0.254 e. The van der Waals surface area contributed by atoms with Gasteiger partial charge in [-0.15, -0.1) is 0 Å². The molecular formula is C27H23F2N3O2. The third-order valence-electron chi connectivity index (χ3n) is 6.03. The van der Waals surface area contributed by atoms with Crippen LogP contribution in [0.25, 0.3) is 0 Å². The molecule has 4 aromatic rings. The molecule has 0 N–H and O–H groups in total. The normalized spacial score (nSPS) is 15.6. The fourth-order valence-electron chi connectivity index (χ4n) is 4.38. The summed E-state index contributed by atoms with van der Waals surface area (Å²) in [4.78, 5) is 23.8. The summed E-state index contributed by atoms with van der Waals surface area (Å²) in [5.41, 5.74) is 2.45. The Kier molecular flexibility index (Phi) is 6.16. The Labute approximate surface area is 196 Å². The first-order valence-corrected chi connectivity index (χ1v) is 11.2. The number of likely N-dealkylation sites (tertiary alicyclic amines) is 1. The minimum Gasteiger partial charge on any atom is -0.443 e. The number of nitrogens with zero attached hydrogens (tertiary/aromatic N) is 3. The third kappa shape index (κ3) is 4.73. The fraction of sp³-hybridized carbons (Fsp3) is 0.222. The molecule has 1 saturated heterocycles. The molecule has 0 bridgehead atoms. The Balaban J connectivity index is 1.32. The first-order valence-electron chi connectivity index (χ1n) is 11.2. The van der Waals surface area contributed by atoms with Crippen molar-refractivity contribution in [3.63, 3.8) is 0 Å². The zero-order chi connectivity index (χ0) is 23.5. The number of carbonyl (C=O) groups excluding carboxylic acids is 1. The number of hydrogen-bond donors (Lipinski definition) is 0. The Morgan fingerprint density at radius 2 is 1.91 bits per heavy atom. The number of hydrogen-bond acceptors (Lipinski definition) is 4. The summed E-state index contributed by atoms with van der Waals surface area (Å²) < 4.78 is 33.5. The fourth-order valence-corrected chi connectivity index (χ4v) is 4.38. The Morgan fingerprint density at radius 1 is 1.03 bits per heavy atom. The van der Waals surface area contributed by atoms with Gasteiger partial charge in [-0.3, -0.25) is 9.78 Å². The van der Waals surface area contributed by atoms with Gasteiger partial charge in [0.1, 0.15) is 23.4 Å². The van der Waals surface area contributed by atoms with Gasteiger partial charge in [0, 0.05) is 36.8 Å². The molecule has 1 fully saturated rings. The third-order valence-corrected chi connectivity index (χ3v) is 6.03. The van der Waals surface area contributed by atoms with E-state index in [4.69, 9.17) is 4.42 Å². The molecule has 5 nitrogen and oxygen atoms in total. The Bertz CT molecular complexity index is 1320. The summed E-state index contributed by atoms with van der Waals surface area (Å²) in [6.45, 7) is 0.593. The average Bonchev–Trinajstić information content (AvgIpc) is 3.50. The van der Waals surface area contributed by atoms with Crippen molar-refractivity contribution in [3.05, 3.63) is 119 Å². The van der Waals surface area contributed by atoms with Crippen molar-refractivity contribution in [2.75, 3.05) is 6.54 Å². The van der Waals surface area contributed by atoms with Gasteiger partial charge < -0.3 is 9.32 Å². The maximum atomic E-state index is 14.0. The van der Waals surface area contributed by atoms with Crippen LogP contribution in [0.3, 0.4) is 0 Å². The first-order chi connectivity index (χ1) is 16.6. The Morgan fingerprint density at radius 3 is 2.76 bits per heavy atom. The largest absolute Gasteiger partial charge is 0.443 e. The molecular weight excluding hydrogens is 436 g/mol. The summed E-state index contributed by atoms with van der Waals surface area (Å²) in [6, 6.07) is 16.0. The zero-order valence-corrected chi connectivity index (χ0v) is 18.5. The van der Waals surface area contributed by atoms with Crippen LogP contribution in [0.1, 0.15) is 57.7 Å². The van der Waals surface area contributed by atoms with E-state index in [1.165, 1.54) is 18.2 Å². The van der Waals surface area contributed by atoms with Gasteiger partial charge in [0.2, 0.25) is 5.89 Å². The predicted molar refractivity (Wildman–Crippen MR) is 122 cm³/mol. The SMILES string of the molecule is O=C(c1ccnc(Cc2ccccc2F)c1)N1CCC[C@@H]1c1ncc(Cc2cccc(F)c2)o1. The molecule has 2 aromatic heterocycles. The van der Waals surface area contributed by atoms with Gasteiger partial charge >= 0.3 is 0 Å². The molecule has 0 aliphatic carbocycles. The molecule has 1 aliphatic rings. The summed E-state index contributed by atoms with van der Waals surface area (Å²) in [6.07, 6.45) is 5.54. The van der Waals surface area contributed by atoms with Gasteiger partial charge in [-0.05, 0) is 54.3 Å². The van der Waals surface area contributed by atoms with Crippen LogP contribution in [0.5, 0.6) is 0 Å². The molecule has 34 heavy (non-hydrogen) atoms. The van der Waals surface area contributed by atoms with Crippen LogP contribution < -0.4 is 0 Å². The van der Waals surface area contributed by atoms with Crippen molar-refractivity contribution >= 4 is 5.91 Å². The van der Waals surface area contributed by atoms with E-state index in [1.807, 2.05) is 6.07 Å². The topological polar surface area (TPSA) is 59.2 Å². The molecule has 1 aliphatic heterocycles. The van der Waals surface area contributed by atoms with Crippen molar-refractivity contribution < 1.29 is 18.0 Å². The van der Waals surface area contributed by atoms with Gasteiger partial charge in [-0.2, -0.15) is 0 Å². The highest BCUT2D eigenvalue weighted by Crippen LogP contribution is 2.33. The van der Waals surface area contributed by atoms with Gasteiger partial charge in [-0.25, -0.2) is 13.8 Å². The van der Waals surface area contributed by atoms with Crippen LogP contribution in [-0.4, -0.2) is 27.3 Å². The van der Waals surface area contributed by atoms with E-state index in [-0.39, 0.29) is 23.6 Å². The highest BCUT2D eigenvalue weighted by molar-refractivity contribution is 5.94. The predicted octanol–water partition coefficient (Wildman–Crippen LogP) is 5.51. The molecule has 3 heterocycles. The quantitative estimate of drug-likeness (QED) is 0.382. The van der Waals surface area contributed by atoms with Crippen LogP contribution in [0.15, 0.2) is 77.5 Å². The molecule has 172 valence electrons. The number of benzene rings is 2. The van der Waals surface area contributed by atoms with Crippen LogP contribution in [0.4, 0.5) is 8.78 Å². The number of carbonyl (C=O) groups is 1.